The fourth-order valence-electron chi connectivity index (χ4n) is 4.35. The lowest BCUT2D eigenvalue weighted by Gasteiger charge is -2.17. The number of fused-ring (bicyclic) bond motifs is 1. The minimum atomic E-state index is -1.14. The van der Waals surface area contributed by atoms with Gasteiger partial charge < -0.3 is 27.4 Å². The largest absolute Gasteiger partial charge is 0.370 e. The highest BCUT2D eigenvalue weighted by Crippen LogP contribution is 2.28. The topological polar surface area (TPSA) is 140 Å². The average molecular weight is 553 g/mol. The Kier molecular flexibility index (Phi) is 10.8. The van der Waals surface area contributed by atoms with Crippen LogP contribution in [0.4, 0.5) is 10.1 Å². The molecule has 0 saturated carbocycles. The van der Waals surface area contributed by atoms with Crippen molar-refractivity contribution < 1.29 is 14.0 Å². The summed E-state index contributed by atoms with van der Waals surface area (Å²) in [4.78, 5) is 27.7. The van der Waals surface area contributed by atoms with Gasteiger partial charge in [0.25, 0.3) is 0 Å². The lowest BCUT2D eigenvalue weighted by atomic mass is 10.1. The van der Waals surface area contributed by atoms with Crippen LogP contribution in [0.1, 0.15) is 22.3 Å². The number of nitrogens with zero attached hydrogens (tertiary/aromatic N) is 2. The van der Waals surface area contributed by atoms with Gasteiger partial charge in [-0.15, -0.1) is 0 Å². The van der Waals surface area contributed by atoms with Crippen molar-refractivity contribution >= 4 is 35.1 Å². The van der Waals surface area contributed by atoms with E-state index < -0.39 is 17.6 Å². The van der Waals surface area contributed by atoms with Crippen molar-refractivity contribution in [2.45, 2.75) is 25.8 Å². The molecule has 39 heavy (non-hydrogen) atoms. The second-order valence-electron chi connectivity index (χ2n) is 9.56. The van der Waals surface area contributed by atoms with Crippen molar-refractivity contribution in [3.8, 4) is 0 Å². The van der Waals surface area contributed by atoms with Crippen LogP contribution in [0.3, 0.4) is 0 Å². The Hall–Kier alpha value is -3.95. The van der Waals surface area contributed by atoms with Gasteiger partial charge in [-0.2, -0.15) is 0 Å². The number of rotatable bonds is 8. The molecule has 0 saturated heterocycles. The highest BCUT2D eigenvalue weighted by atomic mass is 35.5. The van der Waals surface area contributed by atoms with Gasteiger partial charge in [0.05, 0.1) is 5.02 Å². The molecule has 1 aliphatic carbocycles. The van der Waals surface area contributed by atoms with Crippen molar-refractivity contribution in [1.82, 2.24) is 4.90 Å². The predicted molar refractivity (Wildman–Crippen MR) is 154 cm³/mol. The Balaban J connectivity index is 0.000000255. The summed E-state index contributed by atoms with van der Waals surface area (Å²) in [5.41, 5.74) is 21.4. The molecule has 4 rings (SSSR count). The zero-order valence-electron chi connectivity index (χ0n) is 21.9. The maximum atomic E-state index is 12.8. The molecule has 0 aliphatic heterocycles. The van der Waals surface area contributed by atoms with E-state index in [1.54, 1.807) is 0 Å². The number of carbonyl (C=O) groups is 2. The first-order valence-corrected chi connectivity index (χ1v) is 12.9. The quantitative estimate of drug-likeness (QED) is 0.193. The minimum absolute atomic E-state index is 0.0675. The van der Waals surface area contributed by atoms with Gasteiger partial charge in [0.1, 0.15) is 5.82 Å². The summed E-state index contributed by atoms with van der Waals surface area (Å²) in [5.74, 6) is -2.11. The van der Waals surface area contributed by atoms with Gasteiger partial charge in [0.15, 0.2) is 5.96 Å². The summed E-state index contributed by atoms with van der Waals surface area (Å²) in [6, 6.07) is 21.2. The molecular weight excluding hydrogens is 519 g/mol. The number of primary amides is 1. The number of guanidine groups is 1. The average Bonchev–Trinajstić information content (AvgIpc) is 3.31. The van der Waals surface area contributed by atoms with E-state index in [-0.39, 0.29) is 16.7 Å². The molecule has 3 aromatic carbocycles. The smallest absolute Gasteiger partial charge is 0.313 e. The molecule has 206 valence electrons. The first kappa shape index (κ1) is 29.6. The van der Waals surface area contributed by atoms with Crippen molar-refractivity contribution in [2.24, 2.45) is 28.1 Å². The number of amides is 2. The van der Waals surface area contributed by atoms with Crippen LogP contribution in [0.5, 0.6) is 0 Å². The van der Waals surface area contributed by atoms with E-state index in [1.807, 2.05) is 0 Å². The van der Waals surface area contributed by atoms with E-state index in [0.29, 0.717) is 5.92 Å². The standard InChI is InChI=1S/C21H28N4.C8H6ClFN2O2/c1-25(10-9-16-5-3-2-4-6-16)15-17-7-8-19-12-18(13-20(19)11-17)14-24-21(22)23;9-5-2-1-4(3-6(5)10)12-8(14)7(11)13/h2-8,11,18H,9-10,12-15H2,1H3,(H4,22,23,24);1-3H,(H2,11,13)(H,12,14)/t18-;/m1./s1. The third-order valence-electron chi connectivity index (χ3n) is 6.30. The summed E-state index contributed by atoms with van der Waals surface area (Å²) in [7, 11) is 2.19. The molecule has 1 atom stereocenters. The maximum Gasteiger partial charge on any atom is 0.313 e. The molecule has 0 fully saturated rings. The number of nitrogens with one attached hydrogen (secondary N) is 1. The van der Waals surface area contributed by atoms with Crippen LogP contribution in [-0.4, -0.2) is 42.8 Å². The fraction of sp³-hybridized carbons (Fsp3) is 0.276. The second kappa shape index (κ2) is 14.3. The highest BCUT2D eigenvalue weighted by Gasteiger charge is 2.21. The van der Waals surface area contributed by atoms with Crippen molar-refractivity contribution in [1.29, 1.82) is 0 Å². The van der Waals surface area contributed by atoms with Crippen LogP contribution in [-0.2, 0) is 35.4 Å². The molecule has 0 radical (unpaired) electrons. The van der Waals surface area contributed by atoms with Gasteiger partial charge in [0.2, 0.25) is 0 Å². The number of anilines is 1. The monoisotopic (exact) mass is 552 g/mol. The molecule has 0 bridgehead atoms. The molecule has 1 aliphatic rings. The molecule has 0 spiro atoms. The molecule has 8 nitrogen and oxygen atoms in total. The summed E-state index contributed by atoms with van der Waals surface area (Å²) >= 11 is 5.40. The highest BCUT2D eigenvalue weighted by molar-refractivity contribution is 6.39. The predicted octanol–water partition coefficient (Wildman–Crippen LogP) is 3.25. The van der Waals surface area contributed by atoms with Crippen LogP contribution in [0.2, 0.25) is 5.02 Å². The van der Waals surface area contributed by atoms with Gasteiger partial charge in [0, 0.05) is 25.3 Å². The number of likely N-dealkylation sites (N-methyl/N-ethyl adjacent to an activating group) is 1. The Labute approximate surface area is 233 Å². The Morgan fingerprint density at radius 1 is 1.00 bits per heavy atom. The number of halogens is 2. The van der Waals surface area contributed by atoms with E-state index in [2.05, 4.69) is 76.5 Å². The number of hydrogen-bond donors (Lipinski definition) is 4. The molecule has 0 unspecified atom stereocenters. The lowest BCUT2D eigenvalue weighted by molar-refractivity contribution is -0.134. The van der Waals surface area contributed by atoms with E-state index in [1.165, 1.54) is 34.4 Å². The number of hydrogen-bond acceptors (Lipinski definition) is 4. The zero-order chi connectivity index (χ0) is 28.4. The third kappa shape index (κ3) is 9.70. The number of nitrogens with two attached hydrogens (primary N) is 3. The van der Waals surface area contributed by atoms with E-state index in [9.17, 15) is 14.0 Å². The summed E-state index contributed by atoms with van der Waals surface area (Å²) in [5, 5.41) is 2.03. The van der Waals surface area contributed by atoms with Crippen molar-refractivity contribution in [3.05, 3.63) is 99.8 Å². The zero-order valence-corrected chi connectivity index (χ0v) is 22.6. The van der Waals surface area contributed by atoms with Crippen LogP contribution in [0, 0.1) is 11.7 Å². The van der Waals surface area contributed by atoms with E-state index in [0.717, 1.165) is 45.0 Å². The van der Waals surface area contributed by atoms with Gasteiger partial charge in [-0.3, -0.25) is 14.6 Å². The summed E-state index contributed by atoms with van der Waals surface area (Å²) in [6.45, 7) is 2.77. The molecular formula is C29H34ClFN6O2. The minimum Gasteiger partial charge on any atom is -0.370 e. The Morgan fingerprint density at radius 2 is 1.72 bits per heavy atom. The van der Waals surface area contributed by atoms with Gasteiger partial charge in [-0.1, -0.05) is 60.1 Å². The van der Waals surface area contributed by atoms with Crippen molar-refractivity contribution in [2.75, 3.05) is 25.5 Å². The van der Waals surface area contributed by atoms with Gasteiger partial charge >= 0.3 is 11.8 Å². The molecule has 10 heteroatoms. The van der Waals surface area contributed by atoms with Crippen LogP contribution >= 0.6 is 11.6 Å². The van der Waals surface area contributed by atoms with Crippen molar-refractivity contribution in [3.63, 3.8) is 0 Å². The number of carbonyl (C=O) groups excluding carboxylic acids is 2. The lowest BCUT2D eigenvalue weighted by Crippen LogP contribution is -2.29. The molecule has 2 amide bonds. The summed E-state index contributed by atoms with van der Waals surface area (Å²) in [6.07, 6.45) is 3.24. The maximum absolute atomic E-state index is 12.8. The second-order valence-corrected chi connectivity index (χ2v) is 9.97. The number of aliphatic imine (C=N–C) groups is 1. The van der Waals surface area contributed by atoms with Gasteiger partial charge in [-0.05, 0) is 72.7 Å². The van der Waals surface area contributed by atoms with Gasteiger partial charge in [-0.25, -0.2) is 4.39 Å². The first-order valence-electron chi connectivity index (χ1n) is 12.5. The van der Waals surface area contributed by atoms with Crippen LogP contribution < -0.4 is 22.5 Å². The fourth-order valence-corrected chi connectivity index (χ4v) is 4.46. The van der Waals surface area contributed by atoms with E-state index in [4.69, 9.17) is 23.1 Å². The SMILES string of the molecule is CN(CCc1ccccc1)Cc1ccc2c(c1)C[C@H](CN=C(N)N)C2.NC(=O)C(=O)Nc1ccc(Cl)c(F)c1. The van der Waals surface area contributed by atoms with Crippen LogP contribution in [0.25, 0.3) is 0 Å². The Morgan fingerprint density at radius 3 is 2.38 bits per heavy atom. The Bertz CT molecular complexity index is 1310. The summed E-state index contributed by atoms with van der Waals surface area (Å²) < 4.78 is 12.8. The van der Waals surface area contributed by atoms with Crippen LogP contribution in [0.15, 0.2) is 71.7 Å². The normalized spacial score (nSPS) is 13.7. The third-order valence-corrected chi connectivity index (χ3v) is 6.61. The molecule has 7 N–H and O–H groups in total. The molecule has 3 aromatic rings. The van der Waals surface area contributed by atoms with E-state index >= 15 is 0 Å². The number of benzene rings is 3. The molecule has 0 heterocycles. The molecule has 0 aromatic heterocycles. The first-order chi connectivity index (χ1) is 18.6.